The Morgan fingerprint density at radius 1 is 1.31 bits per heavy atom. The Morgan fingerprint density at radius 2 is 1.97 bits per heavy atom. The van der Waals surface area contributed by atoms with Crippen LogP contribution in [0.1, 0.15) is 38.3 Å². The Balaban J connectivity index is 0. The van der Waals surface area contributed by atoms with Gasteiger partial charge in [0.05, 0.1) is 12.8 Å². The molecule has 0 saturated heterocycles. The lowest BCUT2D eigenvalue weighted by Crippen LogP contribution is -2.16. The molecule has 1 aromatic rings. The van der Waals surface area contributed by atoms with Crippen LogP contribution in [0.5, 0.6) is 0 Å². The predicted molar refractivity (Wildman–Crippen MR) is 156 cm³/mol. The number of ether oxygens (including phenoxy) is 1. The minimum absolute atomic E-state index is 0.0555. The summed E-state index contributed by atoms with van der Waals surface area (Å²) in [6, 6.07) is 0.634. The maximum absolute atomic E-state index is 11.3. The van der Waals surface area contributed by atoms with E-state index >= 15 is 0 Å². The van der Waals surface area contributed by atoms with Crippen LogP contribution in [0.2, 0.25) is 0 Å². The van der Waals surface area contributed by atoms with E-state index in [4.69, 9.17) is 8.92 Å². The number of thiazole rings is 1. The van der Waals surface area contributed by atoms with Gasteiger partial charge < -0.3 is 19.6 Å². The van der Waals surface area contributed by atoms with Crippen molar-refractivity contribution < 1.29 is 13.7 Å². The van der Waals surface area contributed by atoms with Gasteiger partial charge in [-0.25, -0.2) is 4.98 Å². The molecule has 0 spiro atoms. The van der Waals surface area contributed by atoms with Crippen molar-refractivity contribution >= 4 is 40.5 Å². The zero-order chi connectivity index (χ0) is 26.9. The van der Waals surface area contributed by atoms with Gasteiger partial charge in [0, 0.05) is 41.4 Å². The van der Waals surface area contributed by atoms with Crippen LogP contribution in [0, 0.1) is 0 Å². The first kappa shape index (κ1) is 35.2. The monoisotopic (exact) mass is 524 g/mol. The molecule has 3 N–H and O–H groups in total. The number of carbonyl (C=O) groups is 1. The predicted octanol–water partition coefficient (Wildman–Crippen LogP) is 5.62. The normalized spacial score (nSPS) is 11.9. The molecular formula is C26H44N4O3S2. The molecule has 0 saturated carbocycles. The first-order chi connectivity index (χ1) is 16.8. The Bertz CT molecular complexity index is 799. The van der Waals surface area contributed by atoms with E-state index in [1.807, 2.05) is 57.5 Å². The first-order valence-corrected chi connectivity index (χ1v) is 13.0. The van der Waals surface area contributed by atoms with E-state index in [0.29, 0.717) is 11.2 Å². The zero-order valence-corrected chi connectivity index (χ0v) is 24.1. The van der Waals surface area contributed by atoms with Crippen molar-refractivity contribution in [3.63, 3.8) is 0 Å². The number of allylic oxidation sites excluding steroid dienone is 7. The maximum Gasteiger partial charge on any atom is 0.252 e. The quantitative estimate of drug-likeness (QED) is 0.286. The van der Waals surface area contributed by atoms with Gasteiger partial charge in [-0.05, 0) is 39.7 Å². The summed E-state index contributed by atoms with van der Waals surface area (Å²) in [4.78, 5) is 17.8. The van der Waals surface area contributed by atoms with Crippen LogP contribution in [-0.2, 0) is 20.1 Å². The van der Waals surface area contributed by atoms with Gasteiger partial charge in [0.1, 0.15) is 6.61 Å². The molecule has 9 heteroatoms. The third-order valence-corrected chi connectivity index (χ3v) is 5.49. The molecule has 35 heavy (non-hydrogen) atoms. The average Bonchev–Trinajstić information content (AvgIpc) is 3.10. The number of nitrogens with zero attached hydrogens (tertiary/aromatic N) is 1. The molecule has 1 amide bonds. The van der Waals surface area contributed by atoms with E-state index in [9.17, 15) is 4.79 Å². The molecule has 0 radical (unpaired) electrons. The molecule has 0 fully saturated rings. The summed E-state index contributed by atoms with van der Waals surface area (Å²) in [5, 5.41) is 9.30. The van der Waals surface area contributed by atoms with Crippen molar-refractivity contribution in [2.24, 2.45) is 0 Å². The third-order valence-electron chi connectivity index (χ3n) is 3.82. The van der Waals surface area contributed by atoms with Crippen LogP contribution in [0.25, 0.3) is 6.08 Å². The molecule has 2 rings (SSSR count). The fourth-order valence-electron chi connectivity index (χ4n) is 1.80. The second-order valence-electron chi connectivity index (χ2n) is 7.00. The van der Waals surface area contributed by atoms with Crippen LogP contribution in [0.15, 0.2) is 54.0 Å². The van der Waals surface area contributed by atoms with E-state index in [1.165, 1.54) is 30.5 Å². The lowest BCUT2D eigenvalue weighted by Gasteiger charge is -1.98. The number of anilines is 1. The number of rotatable bonds is 9. The fraction of sp³-hybridized carbons (Fsp3) is 0.462. The summed E-state index contributed by atoms with van der Waals surface area (Å²) in [6.07, 6.45) is 16.4. The van der Waals surface area contributed by atoms with E-state index in [2.05, 4.69) is 54.4 Å². The zero-order valence-electron chi connectivity index (χ0n) is 22.5. The van der Waals surface area contributed by atoms with Crippen LogP contribution in [-0.4, -0.2) is 58.4 Å². The van der Waals surface area contributed by atoms with Gasteiger partial charge in [0.2, 0.25) is 0 Å². The number of fused-ring (bicyclic) bond motifs is 1. The standard InChI is InChI=1S/C11H12N2O2S.C8H12OS.C4H11N.C3H9N/c1-15-7-10(14)13-11-12-8-5-3-2-4-6-9(8)16-11;1-4-6-7-8(5-2)10-9-3;1-4(2)5-3;1-3-4-2/h2-5H,6-7H2,1H3,(H,12,13,14);4-7H,2H2,1,3H3;4-5H,1-3H3;4H,3H2,1-2H3/b;6-4-,8-7-;;. The molecule has 0 bridgehead atoms. The molecule has 1 aliphatic carbocycles. The van der Waals surface area contributed by atoms with Crippen molar-refractivity contribution in [3.8, 4) is 0 Å². The lowest BCUT2D eigenvalue weighted by molar-refractivity contribution is -0.119. The highest BCUT2D eigenvalue weighted by atomic mass is 32.2. The maximum atomic E-state index is 11.3. The highest BCUT2D eigenvalue weighted by Crippen LogP contribution is 2.26. The summed E-state index contributed by atoms with van der Waals surface area (Å²) in [6.45, 7) is 13.0. The number of hydrogen-bond acceptors (Lipinski definition) is 8. The largest absolute Gasteiger partial charge is 0.375 e. The Hall–Kier alpha value is -2.01. The Labute approximate surface area is 221 Å². The third kappa shape index (κ3) is 21.0. The molecule has 0 aromatic carbocycles. The van der Waals surface area contributed by atoms with E-state index in [0.717, 1.165) is 28.4 Å². The van der Waals surface area contributed by atoms with Gasteiger partial charge in [-0.15, -0.1) is 11.3 Å². The molecule has 1 aliphatic rings. The molecule has 0 atom stereocenters. The SMILES string of the molecule is C=C/C(=C/C=C\C)SOC.CCNC.CNC(C)C.COCC(=O)Nc1nc2c(s1)CC=CC=C2. The number of aromatic nitrogens is 1. The Kier molecular flexibility index (Phi) is 25.2. The molecule has 1 aromatic heterocycles. The van der Waals surface area contributed by atoms with Crippen LogP contribution >= 0.6 is 23.4 Å². The van der Waals surface area contributed by atoms with E-state index in [-0.39, 0.29) is 12.5 Å². The van der Waals surface area contributed by atoms with Crippen LogP contribution < -0.4 is 16.0 Å². The highest BCUT2D eigenvalue weighted by molar-refractivity contribution is 7.98. The second kappa shape index (κ2) is 25.1. The van der Waals surface area contributed by atoms with Gasteiger partial charge in [0.15, 0.2) is 5.13 Å². The van der Waals surface area contributed by atoms with Gasteiger partial charge in [0.25, 0.3) is 5.91 Å². The summed E-state index contributed by atoms with van der Waals surface area (Å²) in [5.41, 5.74) is 0.933. The molecule has 7 nitrogen and oxygen atoms in total. The minimum atomic E-state index is -0.175. The average molecular weight is 525 g/mol. The molecule has 0 aliphatic heterocycles. The lowest BCUT2D eigenvalue weighted by atomic mass is 10.3. The molecular weight excluding hydrogens is 480 g/mol. The molecule has 198 valence electrons. The fourth-order valence-corrected chi connectivity index (χ4v) is 3.13. The minimum Gasteiger partial charge on any atom is -0.375 e. The Morgan fingerprint density at radius 3 is 2.46 bits per heavy atom. The van der Waals surface area contributed by atoms with Crippen LogP contribution in [0.4, 0.5) is 5.13 Å². The summed E-state index contributed by atoms with van der Waals surface area (Å²) >= 11 is 2.81. The van der Waals surface area contributed by atoms with Crippen molar-refractivity contribution in [1.82, 2.24) is 15.6 Å². The summed E-state index contributed by atoms with van der Waals surface area (Å²) in [5.74, 6) is -0.175. The molecule has 1 heterocycles. The number of nitrogens with one attached hydrogen (secondary N) is 3. The summed E-state index contributed by atoms with van der Waals surface area (Å²) < 4.78 is 9.57. The van der Waals surface area contributed by atoms with Crippen LogP contribution in [0.3, 0.4) is 0 Å². The highest BCUT2D eigenvalue weighted by Gasteiger charge is 2.11. The molecule has 0 unspecified atom stereocenters. The van der Waals surface area contributed by atoms with Gasteiger partial charge in [-0.1, -0.05) is 63.8 Å². The van der Waals surface area contributed by atoms with E-state index < -0.39 is 0 Å². The topological polar surface area (TPSA) is 84.5 Å². The number of amides is 1. The smallest absolute Gasteiger partial charge is 0.252 e. The number of hydrogen-bond donors (Lipinski definition) is 3. The van der Waals surface area contributed by atoms with Crippen molar-refractivity contribution in [3.05, 3.63) is 64.6 Å². The van der Waals surface area contributed by atoms with Crippen molar-refractivity contribution in [2.45, 2.75) is 40.2 Å². The first-order valence-electron chi connectivity index (χ1n) is 11.4. The second-order valence-corrected chi connectivity index (χ2v) is 9.05. The van der Waals surface area contributed by atoms with Crippen molar-refractivity contribution in [2.75, 3.05) is 46.8 Å². The number of methoxy groups -OCH3 is 1. The summed E-state index contributed by atoms with van der Waals surface area (Å²) in [7, 11) is 7.01. The number of carbonyl (C=O) groups excluding carboxylic acids is 1. The van der Waals surface area contributed by atoms with Gasteiger partial charge >= 0.3 is 0 Å². The van der Waals surface area contributed by atoms with Crippen molar-refractivity contribution in [1.29, 1.82) is 0 Å². The van der Waals surface area contributed by atoms with Gasteiger partial charge in [-0.3, -0.25) is 10.1 Å². The van der Waals surface area contributed by atoms with Gasteiger partial charge in [-0.2, -0.15) is 0 Å². The van der Waals surface area contributed by atoms with E-state index in [1.54, 1.807) is 13.2 Å².